The van der Waals surface area contributed by atoms with Crippen LogP contribution in [0.4, 0.5) is 0 Å². The van der Waals surface area contributed by atoms with Gasteiger partial charge in [-0.2, -0.15) is 0 Å². The van der Waals surface area contributed by atoms with Crippen molar-refractivity contribution in [2.45, 2.75) is 45.9 Å². The predicted molar refractivity (Wildman–Crippen MR) is 74.9 cm³/mol. The molecule has 0 aromatic carbocycles. The molecule has 0 spiro atoms. The molecule has 2 unspecified atom stereocenters. The normalized spacial score (nSPS) is 19.4. The van der Waals surface area contributed by atoms with E-state index in [4.69, 9.17) is 15.2 Å². The Morgan fingerprint density at radius 2 is 1.95 bits per heavy atom. The molecule has 1 aliphatic rings. The van der Waals surface area contributed by atoms with Gasteiger partial charge in [-0.05, 0) is 27.2 Å². The first-order chi connectivity index (χ1) is 9.85. The number of imide groups is 1. The van der Waals surface area contributed by atoms with Gasteiger partial charge in [0.1, 0.15) is 0 Å². The van der Waals surface area contributed by atoms with E-state index in [0.717, 1.165) is 4.90 Å². The van der Waals surface area contributed by atoms with E-state index in [0.29, 0.717) is 0 Å². The second-order valence-corrected chi connectivity index (χ2v) is 4.69. The molecule has 2 atom stereocenters. The van der Waals surface area contributed by atoms with Crippen molar-refractivity contribution in [2.24, 2.45) is 5.73 Å². The van der Waals surface area contributed by atoms with E-state index in [2.05, 4.69) is 0 Å². The third-order valence-electron chi connectivity index (χ3n) is 3.44. The van der Waals surface area contributed by atoms with Crippen LogP contribution in [0.25, 0.3) is 0 Å². The van der Waals surface area contributed by atoms with Crippen molar-refractivity contribution in [1.29, 1.82) is 0 Å². The third kappa shape index (κ3) is 2.98. The van der Waals surface area contributed by atoms with Crippen LogP contribution >= 0.6 is 0 Å². The molecule has 3 amide bonds. The number of carbonyl (C=O) groups excluding carboxylic acids is 3. The predicted octanol–water partition coefficient (Wildman–Crippen LogP) is 0.335. The Bertz CT molecular complexity index is 474. The van der Waals surface area contributed by atoms with E-state index < -0.39 is 29.6 Å². The Morgan fingerprint density at radius 1 is 1.33 bits per heavy atom. The molecule has 1 rings (SSSR count). The van der Waals surface area contributed by atoms with Gasteiger partial charge in [-0.15, -0.1) is 0 Å². The van der Waals surface area contributed by atoms with Crippen LogP contribution in [0.5, 0.6) is 0 Å². The molecular formula is C14H22N2O5. The van der Waals surface area contributed by atoms with E-state index in [1.54, 1.807) is 20.8 Å². The number of hydrogen-bond acceptors (Lipinski definition) is 5. The van der Waals surface area contributed by atoms with Crippen molar-refractivity contribution in [2.75, 3.05) is 13.2 Å². The van der Waals surface area contributed by atoms with E-state index in [9.17, 15) is 14.4 Å². The van der Waals surface area contributed by atoms with Gasteiger partial charge in [0.05, 0.1) is 0 Å². The van der Waals surface area contributed by atoms with Crippen molar-refractivity contribution in [3.05, 3.63) is 11.6 Å². The maximum Gasteiger partial charge on any atom is 0.258 e. The minimum absolute atomic E-state index is 0.178. The van der Waals surface area contributed by atoms with Gasteiger partial charge >= 0.3 is 0 Å². The average Bonchev–Trinajstić information content (AvgIpc) is 2.67. The number of amides is 3. The van der Waals surface area contributed by atoms with Crippen molar-refractivity contribution >= 4 is 17.7 Å². The number of ether oxygens (including phenoxy) is 2. The first-order valence-electron chi connectivity index (χ1n) is 6.96. The molecule has 0 radical (unpaired) electrons. The lowest BCUT2D eigenvalue weighted by Crippen LogP contribution is -2.63. The maximum absolute atomic E-state index is 12.2. The SMILES string of the molecule is CCOC(N1C(=O)C=C(C)C1=O)C(CC)(OCC)C(N)=O. The summed E-state index contributed by atoms with van der Waals surface area (Å²) in [6.07, 6.45) is 0.206. The molecule has 1 aliphatic heterocycles. The van der Waals surface area contributed by atoms with E-state index in [1.165, 1.54) is 13.0 Å². The lowest BCUT2D eigenvalue weighted by atomic mass is 9.95. The van der Waals surface area contributed by atoms with Crippen LogP contribution < -0.4 is 5.73 Å². The molecule has 7 heteroatoms. The zero-order valence-corrected chi connectivity index (χ0v) is 12.8. The van der Waals surface area contributed by atoms with Crippen LogP contribution in [0, 0.1) is 0 Å². The van der Waals surface area contributed by atoms with Crippen LogP contribution in [0.1, 0.15) is 34.1 Å². The molecule has 0 aromatic rings. The zero-order valence-electron chi connectivity index (χ0n) is 12.8. The van der Waals surface area contributed by atoms with E-state index in [-0.39, 0.29) is 25.2 Å². The van der Waals surface area contributed by atoms with Gasteiger partial charge in [0.25, 0.3) is 17.7 Å². The minimum Gasteiger partial charge on any atom is -0.367 e. The summed E-state index contributed by atoms with van der Waals surface area (Å²) in [6.45, 7) is 7.02. The summed E-state index contributed by atoms with van der Waals surface area (Å²) in [5, 5.41) is 0. The highest BCUT2D eigenvalue weighted by Crippen LogP contribution is 2.29. The van der Waals surface area contributed by atoms with Crippen molar-refractivity contribution in [3.8, 4) is 0 Å². The molecule has 7 nitrogen and oxygen atoms in total. The lowest BCUT2D eigenvalue weighted by molar-refractivity contribution is -0.202. The van der Waals surface area contributed by atoms with Crippen molar-refractivity contribution < 1.29 is 23.9 Å². The van der Waals surface area contributed by atoms with Crippen LogP contribution in [-0.4, -0.2) is 47.7 Å². The number of primary amides is 1. The molecule has 0 fully saturated rings. The van der Waals surface area contributed by atoms with Gasteiger partial charge in [0.15, 0.2) is 11.8 Å². The summed E-state index contributed by atoms with van der Waals surface area (Å²) in [4.78, 5) is 37.1. The molecule has 1 heterocycles. The second kappa shape index (κ2) is 6.82. The van der Waals surface area contributed by atoms with Gasteiger partial charge in [0.2, 0.25) is 0 Å². The van der Waals surface area contributed by atoms with E-state index >= 15 is 0 Å². The number of carbonyl (C=O) groups is 3. The summed E-state index contributed by atoms with van der Waals surface area (Å²) in [6, 6.07) is 0. The molecule has 0 aliphatic carbocycles. The Hall–Kier alpha value is -1.73. The Labute approximate surface area is 124 Å². The molecule has 2 N–H and O–H groups in total. The molecule has 0 saturated carbocycles. The van der Waals surface area contributed by atoms with Crippen LogP contribution in [0.3, 0.4) is 0 Å². The quantitative estimate of drug-likeness (QED) is 0.651. The summed E-state index contributed by atoms with van der Waals surface area (Å²) in [5.41, 5.74) is 4.21. The summed E-state index contributed by atoms with van der Waals surface area (Å²) in [5.74, 6) is -1.80. The summed E-state index contributed by atoms with van der Waals surface area (Å²) < 4.78 is 11.0. The minimum atomic E-state index is -1.56. The monoisotopic (exact) mass is 298 g/mol. The fourth-order valence-electron chi connectivity index (χ4n) is 2.38. The number of nitrogens with two attached hydrogens (primary N) is 1. The van der Waals surface area contributed by atoms with Crippen molar-refractivity contribution in [1.82, 2.24) is 4.90 Å². The van der Waals surface area contributed by atoms with Gasteiger partial charge in [-0.25, -0.2) is 4.90 Å². The Morgan fingerprint density at radius 3 is 2.29 bits per heavy atom. The largest absolute Gasteiger partial charge is 0.367 e. The van der Waals surface area contributed by atoms with Crippen LogP contribution in [0.2, 0.25) is 0 Å². The fraction of sp³-hybridized carbons (Fsp3) is 0.643. The van der Waals surface area contributed by atoms with Crippen LogP contribution in [0.15, 0.2) is 11.6 Å². The highest BCUT2D eigenvalue weighted by atomic mass is 16.6. The Balaban J connectivity index is 3.29. The summed E-state index contributed by atoms with van der Waals surface area (Å²) >= 11 is 0. The molecular weight excluding hydrogens is 276 g/mol. The molecule has 0 aromatic heterocycles. The van der Waals surface area contributed by atoms with Gasteiger partial charge < -0.3 is 15.2 Å². The number of rotatable bonds is 8. The second-order valence-electron chi connectivity index (χ2n) is 4.69. The fourth-order valence-corrected chi connectivity index (χ4v) is 2.38. The molecule has 21 heavy (non-hydrogen) atoms. The first kappa shape index (κ1) is 17.3. The van der Waals surface area contributed by atoms with Gasteiger partial charge in [-0.1, -0.05) is 6.92 Å². The summed E-state index contributed by atoms with van der Waals surface area (Å²) in [7, 11) is 0. The standard InChI is InChI=1S/C14H22N2O5/c1-5-14(12(15)19,21-7-3)13(20-6-2)16-10(17)8-9(4)11(16)18/h8,13H,5-7H2,1-4H3,(H2,15,19). The smallest absolute Gasteiger partial charge is 0.258 e. The van der Waals surface area contributed by atoms with Gasteiger partial charge in [-0.3, -0.25) is 14.4 Å². The first-order valence-corrected chi connectivity index (χ1v) is 6.96. The average molecular weight is 298 g/mol. The highest BCUT2D eigenvalue weighted by molar-refractivity contribution is 6.16. The maximum atomic E-state index is 12.2. The molecule has 118 valence electrons. The topological polar surface area (TPSA) is 98.9 Å². The number of nitrogens with zero attached hydrogens (tertiary/aromatic N) is 1. The third-order valence-corrected chi connectivity index (χ3v) is 3.44. The Kier molecular flexibility index (Phi) is 5.62. The van der Waals surface area contributed by atoms with Crippen LogP contribution in [-0.2, 0) is 23.9 Å². The van der Waals surface area contributed by atoms with Crippen molar-refractivity contribution in [3.63, 3.8) is 0 Å². The van der Waals surface area contributed by atoms with E-state index in [1.807, 2.05) is 0 Å². The lowest BCUT2D eigenvalue weighted by Gasteiger charge is -2.40. The molecule has 0 bridgehead atoms. The van der Waals surface area contributed by atoms with Gasteiger partial charge in [0, 0.05) is 24.9 Å². The zero-order chi connectivity index (χ0) is 16.2. The molecule has 0 saturated heterocycles. The number of hydrogen-bond donors (Lipinski definition) is 1. The highest BCUT2D eigenvalue weighted by Gasteiger charge is 2.52.